The van der Waals surface area contributed by atoms with Gasteiger partial charge in [-0.3, -0.25) is 0 Å². The Morgan fingerprint density at radius 2 is 1.53 bits per heavy atom. The van der Waals surface area contributed by atoms with Gasteiger partial charge in [0.2, 0.25) is 0 Å². The number of anilines is 1. The second-order valence-corrected chi connectivity index (χ2v) is 24.8. The fourth-order valence-electron chi connectivity index (χ4n) is 10.9. The van der Waals surface area contributed by atoms with Gasteiger partial charge in [0.05, 0.1) is 5.66 Å². The molecule has 2 N–H and O–H groups in total. The molecular weight excluding hydrogens is 946 g/mol. The molecule has 0 aliphatic heterocycles. The molecule has 0 spiro atoms. The largest absolute Gasteiger partial charge is 0.470 e. The van der Waals surface area contributed by atoms with Crippen LogP contribution in [0.4, 0.5) is 5.69 Å². The normalized spacial score (nSPS) is 19.3. The fraction of sp³-hybridized carbons (Fsp3) is 0.397. The van der Waals surface area contributed by atoms with Crippen LogP contribution in [0.15, 0.2) is 221 Å². The van der Waals surface area contributed by atoms with Crippen molar-refractivity contribution in [3.63, 3.8) is 0 Å². The fourth-order valence-corrected chi connectivity index (χ4v) is 10.9. The van der Waals surface area contributed by atoms with Gasteiger partial charge in [0, 0.05) is 46.8 Å². The SMILES string of the molecule is C=C/C(=C\C=C\C)N(C1=CC(N/C=C(/C=C2\C(=C)C(C)CCC2C)C(\C)=C\C=C/C)=C(B(c2ccc(C(C)(C)CCC(C)C)cc2)c2cc3cc(C(C)(C)C)ccc3o2)C(N/C=C/CC(C=C)C(C)C)C1)c1ccc(C)cc1. The second-order valence-electron chi connectivity index (χ2n) is 24.8. The first-order valence-corrected chi connectivity index (χ1v) is 29.2. The van der Waals surface area contributed by atoms with E-state index in [1.54, 1.807) is 0 Å². The molecule has 0 bridgehead atoms. The topological polar surface area (TPSA) is 40.4 Å². The first-order chi connectivity index (χ1) is 37.1. The maximum absolute atomic E-state index is 7.23. The van der Waals surface area contributed by atoms with Gasteiger partial charge in [-0.25, -0.2) is 0 Å². The molecule has 78 heavy (non-hydrogen) atoms. The van der Waals surface area contributed by atoms with Crippen LogP contribution in [0, 0.1) is 36.5 Å². The van der Waals surface area contributed by atoms with Crippen LogP contribution in [0.5, 0.6) is 0 Å². The monoisotopic (exact) mass is 1040 g/mol. The lowest BCUT2D eigenvalue weighted by atomic mass is 9.36. The van der Waals surface area contributed by atoms with Crippen molar-refractivity contribution in [2.75, 3.05) is 4.90 Å². The van der Waals surface area contributed by atoms with E-state index < -0.39 is 0 Å². The Bertz CT molecular complexity index is 3000. The molecule has 0 radical (unpaired) electrons. The molecule has 0 saturated heterocycles. The van der Waals surface area contributed by atoms with Crippen LogP contribution in [0.1, 0.15) is 152 Å². The minimum atomic E-state index is -0.287. The van der Waals surface area contributed by atoms with E-state index in [1.165, 1.54) is 45.2 Å². The van der Waals surface area contributed by atoms with E-state index in [0.717, 1.165) is 76.2 Å². The summed E-state index contributed by atoms with van der Waals surface area (Å²) < 4.78 is 7.23. The lowest BCUT2D eigenvalue weighted by molar-refractivity contribution is 0.415. The Hall–Kier alpha value is -6.46. The standard InChI is InChI=1S/C73H96BN3O/c1-19-23-26-54(11)59(45-66-55(12)32-31-53(10)56(66)13)49-76-68-48-65(77(63(22-4)28-24-20-2)64-38-29-52(9)30-39-64)47-67(75-43-25-27-57(21-3)51(7)8)71(68)74(62-36-33-60(34-37-62)73(17,18)42-41-50(5)6)70-46-58-44-61(72(14,15)16)35-40-69(58)78-70/h19-26,28-30,33-40,43-46,48-51,53,55,57,67,75-76H,3-4,13,27,31-32,41-42,47H2,1-2,5-12,14-18H3/b23-19-,24-20+,43-25+,54-26+,59-49-,63-28+,66-45-. The number of benzene rings is 3. The number of nitrogens with zero attached hydrogens (tertiary/aromatic N) is 1. The number of nitrogens with one attached hydrogen (secondary N) is 2. The highest BCUT2D eigenvalue weighted by Crippen LogP contribution is 2.39. The summed E-state index contributed by atoms with van der Waals surface area (Å²) >= 11 is 0. The number of furan rings is 1. The zero-order valence-electron chi connectivity index (χ0n) is 50.7. The number of fused-ring (bicyclic) bond motifs is 1. The van der Waals surface area contributed by atoms with Crippen LogP contribution < -0.4 is 26.7 Å². The van der Waals surface area contributed by atoms with Crippen molar-refractivity contribution in [2.45, 2.75) is 159 Å². The van der Waals surface area contributed by atoms with Gasteiger partial charge in [0.25, 0.3) is 6.71 Å². The molecule has 1 saturated carbocycles. The average molecular weight is 1040 g/mol. The first kappa shape index (κ1) is 60.8. The Morgan fingerprint density at radius 3 is 2.15 bits per heavy atom. The van der Waals surface area contributed by atoms with Crippen LogP contribution in [-0.2, 0) is 10.8 Å². The smallest absolute Gasteiger partial charge is 0.287 e. The summed E-state index contributed by atoms with van der Waals surface area (Å²) in [4.78, 5) is 2.38. The number of rotatable bonds is 23. The molecule has 4 atom stereocenters. The Morgan fingerprint density at radius 1 is 0.859 bits per heavy atom. The Kier molecular flexibility index (Phi) is 21.4. The van der Waals surface area contributed by atoms with E-state index in [1.807, 2.05) is 6.08 Å². The molecule has 412 valence electrons. The van der Waals surface area contributed by atoms with E-state index >= 15 is 0 Å². The predicted molar refractivity (Wildman–Crippen MR) is 344 cm³/mol. The van der Waals surface area contributed by atoms with E-state index in [4.69, 9.17) is 4.42 Å². The minimum Gasteiger partial charge on any atom is -0.470 e. The number of hydrogen-bond acceptors (Lipinski definition) is 4. The molecule has 4 unspecified atom stereocenters. The second kappa shape index (κ2) is 27.4. The van der Waals surface area contributed by atoms with Crippen molar-refractivity contribution >= 4 is 34.5 Å². The van der Waals surface area contributed by atoms with Crippen molar-refractivity contribution < 1.29 is 4.42 Å². The number of hydrogen-bond donors (Lipinski definition) is 2. The average Bonchev–Trinajstić information content (AvgIpc) is 3.85. The summed E-state index contributed by atoms with van der Waals surface area (Å²) in [5.74, 6) is 2.30. The van der Waals surface area contributed by atoms with Crippen LogP contribution in [0.3, 0.4) is 0 Å². The lowest BCUT2D eigenvalue weighted by Crippen LogP contribution is -2.52. The zero-order chi connectivity index (χ0) is 56.9. The van der Waals surface area contributed by atoms with Crippen molar-refractivity contribution in [1.82, 2.24) is 10.6 Å². The van der Waals surface area contributed by atoms with Crippen molar-refractivity contribution in [3.05, 3.63) is 233 Å². The van der Waals surface area contributed by atoms with Crippen LogP contribution in [0.25, 0.3) is 11.0 Å². The number of allylic oxidation sites excluding steroid dienone is 15. The molecule has 5 heteroatoms. The maximum Gasteiger partial charge on any atom is 0.287 e. The molecule has 4 aromatic rings. The van der Waals surface area contributed by atoms with Crippen molar-refractivity contribution in [1.29, 1.82) is 0 Å². The molecule has 2 aliphatic carbocycles. The molecule has 0 amide bonds. The van der Waals surface area contributed by atoms with E-state index in [2.05, 4.69) is 285 Å². The van der Waals surface area contributed by atoms with Crippen LogP contribution >= 0.6 is 0 Å². The summed E-state index contributed by atoms with van der Waals surface area (Å²) in [5, 5.41) is 9.30. The van der Waals surface area contributed by atoms with Gasteiger partial charge in [-0.2, -0.15) is 0 Å². The summed E-state index contributed by atoms with van der Waals surface area (Å²) in [5.41, 5.74) is 17.0. The Labute approximate surface area is 474 Å². The lowest BCUT2D eigenvalue weighted by Gasteiger charge is -2.37. The van der Waals surface area contributed by atoms with E-state index in [9.17, 15) is 0 Å². The third-order valence-corrected chi connectivity index (χ3v) is 16.5. The highest BCUT2D eigenvalue weighted by atomic mass is 16.3. The zero-order valence-corrected chi connectivity index (χ0v) is 50.7. The predicted octanol–water partition coefficient (Wildman–Crippen LogP) is 18.5. The summed E-state index contributed by atoms with van der Waals surface area (Å²) in [6, 6.07) is 27.2. The third-order valence-electron chi connectivity index (χ3n) is 16.5. The molecule has 1 heterocycles. The van der Waals surface area contributed by atoms with Gasteiger partial charge in [0.15, 0.2) is 0 Å². The molecule has 4 nitrogen and oxygen atoms in total. The first-order valence-electron chi connectivity index (χ1n) is 29.2. The minimum absolute atomic E-state index is 0.0133. The third kappa shape index (κ3) is 15.4. The van der Waals surface area contributed by atoms with E-state index in [0.29, 0.717) is 36.0 Å². The summed E-state index contributed by atoms with van der Waals surface area (Å²) in [7, 11) is 0. The molecule has 2 aliphatic rings. The summed E-state index contributed by atoms with van der Waals surface area (Å²) in [6.07, 6.45) is 34.5. The van der Waals surface area contributed by atoms with Crippen molar-refractivity contribution in [2.24, 2.45) is 29.6 Å². The summed E-state index contributed by atoms with van der Waals surface area (Å²) in [6.45, 7) is 47.1. The van der Waals surface area contributed by atoms with E-state index in [-0.39, 0.29) is 23.6 Å². The highest BCUT2D eigenvalue weighted by molar-refractivity contribution is 6.90. The van der Waals surface area contributed by atoms with Crippen molar-refractivity contribution in [3.8, 4) is 0 Å². The van der Waals surface area contributed by atoms with Gasteiger partial charge in [-0.05, 0) is 194 Å². The quantitative estimate of drug-likeness (QED) is 0.0441. The van der Waals surface area contributed by atoms with Gasteiger partial charge < -0.3 is 20.0 Å². The van der Waals surface area contributed by atoms with Gasteiger partial charge in [-0.1, -0.05) is 192 Å². The van der Waals surface area contributed by atoms with Gasteiger partial charge in [-0.15, -0.1) is 6.58 Å². The van der Waals surface area contributed by atoms with Crippen LogP contribution in [-0.4, -0.2) is 12.8 Å². The molecule has 3 aromatic carbocycles. The van der Waals surface area contributed by atoms with Crippen LogP contribution in [0.2, 0.25) is 0 Å². The molecule has 1 fully saturated rings. The molecule has 6 rings (SSSR count). The molecule has 1 aromatic heterocycles. The highest BCUT2D eigenvalue weighted by Gasteiger charge is 2.39. The molecular formula is C73H96BN3O. The van der Waals surface area contributed by atoms with Gasteiger partial charge >= 0.3 is 0 Å². The number of aryl methyl sites for hydroxylation is 1. The van der Waals surface area contributed by atoms with Gasteiger partial charge in [0.1, 0.15) is 5.58 Å². The Balaban J connectivity index is 1.76. The maximum atomic E-state index is 7.23.